The number of anilines is 1. The highest BCUT2D eigenvalue weighted by molar-refractivity contribution is 7.92. The number of amides is 1. The van der Waals surface area contributed by atoms with E-state index < -0.39 is 15.6 Å². The van der Waals surface area contributed by atoms with E-state index in [1.807, 2.05) is 5.01 Å². The van der Waals surface area contributed by atoms with Crippen molar-refractivity contribution in [3.05, 3.63) is 29.8 Å². The molecule has 1 unspecified atom stereocenters. The van der Waals surface area contributed by atoms with Crippen molar-refractivity contribution in [1.29, 1.82) is 5.26 Å². The van der Waals surface area contributed by atoms with Gasteiger partial charge in [-0.1, -0.05) is 19.3 Å². The van der Waals surface area contributed by atoms with Crippen LogP contribution >= 0.6 is 0 Å². The Kier molecular flexibility index (Phi) is 6.21. The maximum Gasteiger partial charge on any atom is 0.251 e. The van der Waals surface area contributed by atoms with E-state index in [1.165, 1.54) is 6.42 Å². The maximum atomic E-state index is 13.0. The fourth-order valence-electron chi connectivity index (χ4n) is 4.67. The molecule has 4 rings (SSSR count). The molecular formula is C21H30N6O3S. The minimum absolute atomic E-state index is 0.00375. The molecule has 1 amide bonds. The maximum absolute atomic E-state index is 13.0. The Morgan fingerprint density at radius 1 is 1.23 bits per heavy atom. The molecule has 4 N–H and O–H groups in total. The Labute approximate surface area is 183 Å². The van der Waals surface area contributed by atoms with Gasteiger partial charge in [0.25, 0.3) is 5.91 Å². The van der Waals surface area contributed by atoms with Crippen molar-refractivity contribution in [2.45, 2.75) is 62.6 Å². The van der Waals surface area contributed by atoms with Crippen LogP contribution in [0.15, 0.2) is 24.3 Å². The molecule has 0 spiro atoms. The van der Waals surface area contributed by atoms with Gasteiger partial charge in [-0.25, -0.2) is 18.9 Å². The lowest BCUT2D eigenvalue weighted by Crippen LogP contribution is -2.54. The largest absolute Gasteiger partial charge is 0.347 e. The van der Waals surface area contributed by atoms with Crippen LogP contribution in [0.1, 0.15) is 55.3 Å². The van der Waals surface area contributed by atoms with Crippen LogP contribution in [0.2, 0.25) is 0 Å². The smallest absolute Gasteiger partial charge is 0.251 e. The topological polar surface area (TPSA) is 126 Å². The van der Waals surface area contributed by atoms with Gasteiger partial charge in [0.1, 0.15) is 5.54 Å². The zero-order valence-electron chi connectivity index (χ0n) is 17.7. The summed E-state index contributed by atoms with van der Waals surface area (Å²) in [6.45, 7) is 0.659. The first-order valence-electron chi connectivity index (χ1n) is 10.9. The molecule has 31 heavy (non-hydrogen) atoms. The third-order valence-electron chi connectivity index (χ3n) is 6.55. The van der Waals surface area contributed by atoms with Gasteiger partial charge in [0.2, 0.25) is 10.0 Å². The average Bonchev–Trinajstić information content (AvgIpc) is 3.40. The van der Waals surface area contributed by atoms with Crippen molar-refractivity contribution in [2.75, 3.05) is 17.5 Å². The van der Waals surface area contributed by atoms with Crippen molar-refractivity contribution in [3.8, 4) is 6.07 Å². The second-order valence-corrected chi connectivity index (χ2v) is 10.7. The Bertz CT molecular complexity index is 948. The Morgan fingerprint density at radius 3 is 2.48 bits per heavy atom. The number of nitriles is 1. The molecule has 2 atom stereocenters. The van der Waals surface area contributed by atoms with Gasteiger partial charge in [-0.05, 0) is 55.9 Å². The number of rotatable bonds is 7. The standard InChI is InChI=1S/C21H30N6O3S/c1-31(29,30)25-17-9-7-16(8-10-17)20(28)23-19(15-5-3-2-4-6-15)18-13-27(26-24-18)21(14-22)11-12-21/h7-10,15,18-19,24-26H,2-6,11-13H2,1H3,(H,23,28)/t18?,19-/m0/s1. The number of nitrogens with one attached hydrogen (secondary N) is 4. The van der Waals surface area contributed by atoms with E-state index >= 15 is 0 Å². The van der Waals surface area contributed by atoms with Crippen molar-refractivity contribution in [1.82, 2.24) is 21.3 Å². The van der Waals surface area contributed by atoms with Crippen molar-refractivity contribution in [3.63, 3.8) is 0 Å². The summed E-state index contributed by atoms with van der Waals surface area (Å²) in [4.78, 5) is 13.0. The summed E-state index contributed by atoms with van der Waals surface area (Å²) in [5, 5.41) is 14.7. The highest BCUT2D eigenvalue weighted by Gasteiger charge is 2.52. The molecule has 2 aliphatic carbocycles. The summed E-state index contributed by atoms with van der Waals surface area (Å²) in [5.41, 5.74) is 6.96. The lowest BCUT2D eigenvalue weighted by Gasteiger charge is -2.34. The molecule has 168 valence electrons. The van der Waals surface area contributed by atoms with Crippen LogP contribution in [-0.4, -0.2) is 49.8 Å². The van der Waals surface area contributed by atoms with Gasteiger partial charge in [0, 0.05) is 23.8 Å². The number of nitrogens with zero attached hydrogens (tertiary/aromatic N) is 2. The Morgan fingerprint density at radius 2 is 1.90 bits per heavy atom. The molecule has 0 radical (unpaired) electrons. The highest BCUT2D eigenvalue weighted by Crippen LogP contribution is 2.41. The van der Waals surface area contributed by atoms with Gasteiger partial charge in [0.15, 0.2) is 0 Å². The van der Waals surface area contributed by atoms with Gasteiger partial charge in [0.05, 0.1) is 18.4 Å². The summed E-state index contributed by atoms with van der Waals surface area (Å²) < 4.78 is 25.2. The normalized spacial score (nSPS) is 24.8. The molecule has 0 aromatic heterocycles. The second kappa shape index (κ2) is 8.74. The quantitative estimate of drug-likeness (QED) is 0.500. The number of sulfonamides is 1. The lowest BCUT2D eigenvalue weighted by atomic mass is 9.81. The van der Waals surface area contributed by atoms with Crippen molar-refractivity contribution in [2.24, 2.45) is 5.92 Å². The van der Waals surface area contributed by atoms with E-state index in [1.54, 1.807) is 24.3 Å². The molecule has 1 aliphatic heterocycles. The van der Waals surface area contributed by atoms with Gasteiger partial charge >= 0.3 is 0 Å². The fraction of sp³-hybridized carbons (Fsp3) is 0.619. The predicted octanol–water partition coefficient (Wildman–Crippen LogP) is 1.49. The molecule has 1 aromatic carbocycles. The Balaban J connectivity index is 1.46. The minimum atomic E-state index is -3.36. The van der Waals surface area contributed by atoms with E-state index in [9.17, 15) is 18.5 Å². The lowest BCUT2D eigenvalue weighted by molar-refractivity contribution is 0.0897. The summed E-state index contributed by atoms with van der Waals surface area (Å²) >= 11 is 0. The van der Waals surface area contributed by atoms with Gasteiger partial charge in [-0.3, -0.25) is 9.52 Å². The van der Waals surface area contributed by atoms with Gasteiger partial charge in [-0.15, -0.1) is 0 Å². The van der Waals surface area contributed by atoms with Crippen LogP contribution in [-0.2, 0) is 10.0 Å². The third kappa shape index (κ3) is 5.18. The third-order valence-corrected chi connectivity index (χ3v) is 7.16. The highest BCUT2D eigenvalue weighted by atomic mass is 32.2. The summed E-state index contributed by atoms with van der Waals surface area (Å²) in [5.74, 6) is 0.198. The zero-order chi connectivity index (χ0) is 22.1. The molecule has 1 saturated heterocycles. The average molecular weight is 447 g/mol. The Hall–Kier alpha value is -2.19. The summed E-state index contributed by atoms with van der Waals surface area (Å²) in [6.07, 6.45) is 8.51. The molecule has 1 heterocycles. The van der Waals surface area contributed by atoms with E-state index in [0.29, 0.717) is 23.7 Å². The monoisotopic (exact) mass is 446 g/mol. The van der Waals surface area contributed by atoms with Gasteiger partial charge in [-0.2, -0.15) is 10.8 Å². The predicted molar refractivity (Wildman–Crippen MR) is 117 cm³/mol. The number of hydrogen-bond donors (Lipinski definition) is 4. The second-order valence-electron chi connectivity index (χ2n) is 8.97. The first-order chi connectivity index (χ1) is 14.8. The number of hydrogen-bond acceptors (Lipinski definition) is 7. The molecule has 9 nitrogen and oxygen atoms in total. The molecule has 1 aromatic rings. The van der Waals surface area contributed by atoms with Crippen LogP contribution in [0, 0.1) is 17.2 Å². The van der Waals surface area contributed by atoms with E-state index in [0.717, 1.165) is 44.8 Å². The van der Waals surface area contributed by atoms with Crippen LogP contribution in [0.5, 0.6) is 0 Å². The molecular weight excluding hydrogens is 416 g/mol. The number of carbonyl (C=O) groups is 1. The molecule has 3 aliphatic rings. The minimum Gasteiger partial charge on any atom is -0.347 e. The van der Waals surface area contributed by atoms with E-state index in [-0.39, 0.29) is 18.0 Å². The number of carbonyl (C=O) groups excluding carboxylic acids is 1. The van der Waals surface area contributed by atoms with Gasteiger partial charge < -0.3 is 5.32 Å². The summed E-state index contributed by atoms with van der Waals surface area (Å²) in [7, 11) is -3.36. The van der Waals surface area contributed by atoms with E-state index in [4.69, 9.17) is 0 Å². The van der Waals surface area contributed by atoms with Crippen molar-refractivity contribution < 1.29 is 13.2 Å². The van der Waals surface area contributed by atoms with Crippen LogP contribution in [0.4, 0.5) is 5.69 Å². The molecule has 2 saturated carbocycles. The number of hydrazine groups is 2. The molecule has 3 fully saturated rings. The van der Waals surface area contributed by atoms with E-state index in [2.05, 4.69) is 27.1 Å². The van der Waals surface area contributed by atoms with Crippen LogP contribution in [0.3, 0.4) is 0 Å². The van der Waals surface area contributed by atoms with Crippen LogP contribution in [0.25, 0.3) is 0 Å². The first-order valence-corrected chi connectivity index (χ1v) is 12.8. The summed E-state index contributed by atoms with van der Waals surface area (Å²) in [6, 6.07) is 8.78. The molecule has 10 heteroatoms. The fourth-order valence-corrected chi connectivity index (χ4v) is 5.24. The first kappa shape index (κ1) is 22.0. The van der Waals surface area contributed by atoms with Crippen molar-refractivity contribution >= 4 is 21.6 Å². The molecule has 0 bridgehead atoms. The van der Waals surface area contributed by atoms with Crippen LogP contribution < -0.4 is 21.0 Å². The number of benzene rings is 1. The SMILES string of the molecule is CS(=O)(=O)Nc1ccc(C(=O)N[C@@H](C2CCCCC2)C2CN(C3(C#N)CC3)NN2)cc1. The zero-order valence-corrected chi connectivity index (χ0v) is 18.5.